The number of nitrogens with one attached hydrogen (secondary N) is 2. The number of hydrogen-bond acceptors (Lipinski definition) is 5. The predicted molar refractivity (Wildman–Crippen MR) is 97.5 cm³/mol. The number of H-pyrrole nitrogens is 1. The first-order valence-corrected chi connectivity index (χ1v) is 8.75. The first-order valence-electron chi connectivity index (χ1n) is 7.71. The molecule has 0 aliphatic heterocycles. The molecule has 1 heterocycles. The number of thioether (sulfide) groups is 1. The fourth-order valence-electron chi connectivity index (χ4n) is 1.97. The van der Waals surface area contributed by atoms with E-state index in [-0.39, 0.29) is 11.0 Å². The van der Waals surface area contributed by atoms with Crippen molar-refractivity contribution in [2.75, 3.05) is 5.32 Å². The van der Waals surface area contributed by atoms with Crippen molar-refractivity contribution < 1.29 is 0 Å². The summed E-state index contributed by atoms with van der Waals surface area (Å²) in [4.78, 5) is 14.8. The minimum Gasteiger partial charge on any atom is -0.324 e. The van der Waals surface area contributed by atoms with Crippen molar-refractivity contribution in [2.45, 2.75) is 51.0 Å². The van der Waals surface area contributed by atoms with Crippen molar-refractivity contribution in [3.05, 3.63) is 45.9 Å². The van der Waals surface area contributed by atoms with Crippen LogP contribution in [0.25, 0.3) is 0 Å². The SMILES string of the molecule is CC(C)SCc1ccc(Nc2nnc(C(C)(C)C)c(=O)[nH]2)cc1. The molecule has 0 radical (unpaired) electrons. The molecule has 5 nitrogen and oxygen atoms in total. The predicted octanol–water partition coefficient (Wildman–Crippen LogP) is 3.85. The standard InChI is InChI=1S/C17H24N4OS/c1-11(2)23-10-12-6-8-13(9-7-12)18-16-19-15(22)14(20-21-16)17(3,4)5/h6-9,11H,10H2,1-5H3,(H2,18,19,21,22). The molecular formula is C17H24N4OS. The molecule has 0 atom stereocenters. The number of rotatable bonds is 5. The lowest BCUT2D eigenvalue weighted by atomic mass is 9.93. The van der Waals surface area contributed by atoms with Gasteiger partial charge in [0.05, 0.1) is 0 Å². The van der Waals surface area contributed by atoms with Gasteiger partial charge in [0.15, 0.2) is 0 Å². The van der Waals surface area contributed by atoms with E-state index in [2.05, 4.69) is 46.5 Å². The van der Waals surface area contributed by atoms with Gasteiger partial charge in [-0.1, -0.05) is 46.8 Å². The third kappa shape index (κ3) is 5.10. The Bertz CT molecular complexity index is 702. The molecule has 0 bridgehead atoms. The zero-order valence-electron chi connectivity index (χ0n) is 14.3. The summed E-state index contributed by atoms with van der Waals surface area (Å²) < 4.78 is 0. The summed E-state index contributed by atoms with van der Waals surface area (Å²) in [7, 11) is 0. The number of anilines is 2. The Balaban J connectivity index is 2.08. The van der Waals surface area contributed by atoms with Crippen LogP contribution >= 0.6 is 11.8 Å². The Hall–Kier alpha value is -1.82. The van der Waals surface area contributed by atoms with Gasteiger partial charge in [-0.05, 0) is 22.9 Å². The van der Waals surface area contributed by atoms with Gasteiger partial charge in [0.2, 0.25) is 5.95 Å². The van der Waals surface area contributed by atoms with Crippen LogP contribution in [0, 0.1) is 0 Å². The Morgan fingerprint density at radius 1 is 1.17 bits per heavy atom. The van der Waals surface area contributed by atoms with E-state index in [1.807, 2.05) is 44.7 Å². The Labute approximate surface area is 141 Å². The number of hydrogen-bond donors (Lipinski definition) is 2. The van der Waals surface area contributed by atoms with Crippen LogP contribution < -0.4 is 10.9 Å². The van der Waals surface area contributed by atoms with Crippen LogP contribution in [-0.2, 0) is 11.2 Å². The summed E-state index contributed by atoms with van der Waals surface area (Å²) in [6.07, 6.45) is 0. The van der Waals surface area contributed by atoms with E-state index in [1.54, 1.807) is 0 Å². The van der Waals surface area contributed by atoms with Crippen LogP contribution in [0.1, 0.15) is 45.9 Å². The molecule has 0 amide bonds. The van der Waals surface area contributed by atoms with E-state index in [1.165, 1.54) is 5.56 Å². The molecule has 23 heavy (non-hydrogen) atoms. The summed E-state index contributed by atoms with van der Waals surface area (Å²) in [6.45, 7) is 10.2. The van der Waals surface area contributed by atoms with Gasteiger partial charge in [-0.25, -0.2) is 0 Å². The molecule has 124 valence electrons. The zero-order chi connectivity index (χ0) is 17.0. The minimum absolute atomic E-state index is 0.208. The van der Waals surface area contributed by atoms with E-state index in [4.69, 9.17) is 0 Å². The molecule has 0 saturated carbocycles. The molecule has 0 aliphatic rings. The van der Waals surface area contributed by atoms with Gasteiger partial charge in [0.1, 0.15) is 5.69 Å². The van der Waals surface area contributed by atoms with Crippen LogP contribution in [0.15, 0.2) is 29.1 Å². The molecular weight excluding hydrogens is 308 g/mol. The Morgan fingerprint density at radius 2 is 1.83 bits per heavy atom. The lowest BCUT2D eigenvalue weighted by Crippen LogP contribution is -2.28. The molecule has 2 N–H and O–H groups in total. The van der Waals surface area contributed by atoms with Gasteiger partial charge < -0.3 is 5.32 Å². The van der Waals surface area contributed by atoms with Crippen LogP contribution in [0.3, 0.4) is 0 Å². The molecule has 0 fully saturated rings. The summed E-state index contributed by atoms with van der Waals surface area (Å²) >= 11 is 1.91. The highest BCUT2D eigenvalue weighted by molar-refractivity contribution is 7.99. The second-order valence-corrected chi connectivity index (χ2v) is 8.35. The van der Waals surface area contributed by atoms with Gasteiger partial charge in [0, 0.05) is 16.9 Å². The average molecular weight is 332 g/mol. The molecule has 0 aliphatic carbocycles. The van der Waals surface area contributed by atoms with Crippen molar-refractivity contribution in [2.24, 2.45) is 0 Å². The van der Waals surface area contributed by atoms with Crippen LogP contribution in [-0.4, -0.2) is 20.4 Å². The first kappa shape index (κ1) is 17.5. The average Bonchev–Trinajstić information content (AvgIpc) is 2.45. The maximum absolute atomic E-state index is 12.1. The van der Waals surface area contributed by atoms with Gasteiger partial charge in [-0.2, -0.15) is 11.8 Å². The summed E-state index contributed by atoms with van der Waals surface area (Å²) in [5.74, 6) is 1.35. The molecule has 0 spiro atoms. The molecule has 1 aromatic carbocycles. The van der Waals surface area contributed by atoms with E-state index in [0.717, 1.165) is 11.4 Å². The fraction of sp³-hybridized carbons (Fsp3) is 0.471. The maximum atomic E-state index is 12.1. The van der Waals surface area contributed by atoms with E-state index >= 15 is 0 Å². The normalized spacial score (nSPS) is 11.7. The van der Waals surface area contributed by atoms with Gasteiger partial charge >= 0.3 is 0 Å². The molecule has 1 aromatic heterocycles. The minimum atomic E-state index is -0.325. The number of aromatic amines is 1. The van der Waals surface area contributed by atoms with Gasteiger partial charge in [0.25, 0.3) is 5.56 Å². The lowest BCUT2D eigenvalue weighted by molar-refractivity contribution is 0.547. The second kappa shape index (κ2) is 7.17. The molecule has 2 rings (SSSR count). The van der Waals surface area contributed by atoms with Crippen molar-refractivity contribution in [3.8, 4) is 0 Å². The highest BCUT2D eigenvalue weighted by Crippen LogP contribution is 2.20. The van der Waals surface area contributed by atoms with Crippen LogP contribution in [0.2, 0.25) is 0 Å². The highest BCUT2D eigenvalue weighted by Gasteiger charge is 2.20. The zero-order valence-corrected chi connectivity index (χ0v) is 15.1. The molecule has 6 heteroatoms. The van der Waals surface area contributed by atoms with Gasteiger partial charge in [-0.3, -0.25) is 9.78 Å². The van der Waals surface area contributed by atoms with Crippen LogP contribution in [0.5, 0.6) is 0 Å². The summed E-state index contributed by atoms with van der Waals surface area (Å²) in [5, 5.41) is 11.8. The van der Waals surface area contributed by atoms with Crippen molar-refractivity contribution in [3.63, 3.8) is 0 Å². The number of nitrogens with zero attached hydrogens (tertiary/aromatic N) is 2. The smallest absolute Gasteiger partial charge is 0.274 e. The molecule has 2 aromatic rings. The van der Waals surface area contributed by atoms with Crippen molar-refractivity contribution in [1.29, 1.82) is 0 Å². The number of benzene rings is 1. The third-order valence-corrected chi connectivity index (χ3v) is 4.37. The van der Waals surface area contributed by atoms with Crippen molar-refractivity contribution in [1.82, 2.24) is 15.2 Å². The third-order valence-electron chi connectivity index (χ3n) is 3.21. The van der Waals surface area contributed by atoms with E-state index in [9.17, 15) is 4.79 Å². The second-order valence-electron chi connectivity index (χ2n) is 6.78. The highest BCUT2D eigenvalue weighted by atomic mass is 32.2. The summed E-state index contributed by atoms with van der Waals surface area (Å²) in [6, 6.07) is 8.11. The van der Waals surface area contributed by atoms with E-state index < -0.39 is 0 Å². The van der Waals surface area contributed by atoms with Gasteiger partial charge in [-0.15, -0.1) is 10.2 Å². The topological polar surface area (TPSA) is 70.7 Å². The quantitative estimate of drug-likeness (QED) is 0.870. The number of aromatic nitrogens is 3. The monoisotopic (exact) mass is 332 g/mol. The first-order chi connectivity index (χ1) is 10.8. The van der Waals surface area contributed by atoms with Crippen LogP contribution in [0.4, 0.5) is 11.6 Å². The fourth-order valence-corrected chi connectivity index (χ4v) is 2.69. The summed E-state index contributed by atoms with van der Waals surface area (Å²) in [5.41, 5.74) is 2.05. The lowest BCUT2D eigenvalue weighted by Gasteiger charge is -2.15. The Kier molecular flexibility index (Phi) is 5.46. The molecule has 0 saturated heterocycles. The van der Waals surface area contributed by atoms with E-state index in [0.29, 0.717) is 16.9 Å². The molecule has 0 unspecified atom stereocenters. The Morgan fingerprint density at radius 3 is 2.35 bits per heavy atom. The largest absolute Gasteiger partial charge is 0.324 e. The van der Waals surface area contributed by atoms with Crippen molar-refractivity contribution >= 4 is 23.4 Å². The maximum Gasteiger partial charge on any atom is 0.274 e.